The van der Waals surface area contributed by atoms with E-state index in [-0.39, 0.29) is 28.8 Å². The fourth-order valence-corrected chi connectivity index (χ4v) is 3.53. The third kappa shape index (κ3) is 4.58. The lowest BCUT2D eigenvalue weighted by atomic mass is 10.1. The average molecular weight is 489 g/mol. The van der Waals surface area contributed by atoms with Gasteiger partial charge in [0.05, 0.1) is 22.1 Å². The Balaban J connectivity index is 1.94. The third-order valence-electron chi connectivity index (χ3n) is 4.40. The quantitative estimate of drug-likeness (QED) is 0.417. The molecule has 2 aromatic carbocycles. The number of halogens is 2. The van der Waals surface area contributed by atoms with Crippen LogP contribution in [0.5, 0.6) is 5.75 Å². The molecule has 0 saturated carbocycles. The lowest BCUT2D eigenvalue weighted by Gasteiger charge is -2.13. The molecular formula is C21H19BrClN5O2. The number of nitrogens with zero attached hydrogens (tertiary/aromatic N) is 3. The van der Waals surface area contributed by atoms with Crippen LogP contribution in [0.1, 0.15) is 30.2 Å². The zero-order valence-electron chi connectivity index (χ0n) is 16.3. The summed E-state index contributed by atoms with van der Waals surface area (Å²) in [4.78, 5) is 11.7. The van der Waals surface area contributed by atoms with Crippen molar-refractivity contribution in [3.05, 3.63) is 62.7 Å². The minimum absolute atomic E-state index is 0.123. The Morgan fingerprint density at radius 2 is 2.13 bits per heavy atom. The molecule has 9 heteroatoms. The van der Waals surface area contributed by atoms with Gasteiger partial charge in [0.25, 0.3) is 0 Å². The van der Waals surface area contributed by atoms with Crippen LogP contribution in [0.25, 0.3) is 5.69 Å². The fraction of sp³-hybridized carbons (Fsp3) is 0.190. The summed E-state index contributed by atoms with van der Waals surface area (Å²) in [7, 11) is 0. The van der Waals surface area contributed by atoms with E-state index >= 15 is 0 Å². The van der Waals surface area contributed by atoms with Crippen LogP contribution in [-0.4, -0.2) is 20.8 Å². The monoisotopic (exact) mass is 487 g/mol. The maximum Gasteiger partial charge on any atom is 0.224 e. The second-order valence-electron chi connectivity index (χ2n) is 6.54. The highest BCUT2D eigenvalue weighted by atomic mass is 79.9. The highest BCUT2D eigenvalue weighted by molar-refractivity contribution is 9.10. The Morgan fingerprint density at radius 1 is 1.37 bits per heavy atom. The zero-order chi connectivity index (χ0) is 21.8. The van der Waals surface area contributed by atoms with Crippen LogP contribution in [0.2, 0.25) is 5.02 Å². The van der Waals surface area contributed by atoms with Gasteiger partial charge in [-0.1, -0.05) is 40.5 Å². The molecule has 0 saturated heterocycles. The summed E-state index contributed by atoms with van der Waals surface area (Å²) in [6, 6.07) is 13.0. The van der Waals surface area contributed by atoms with E-state index in [1.165, 1.54) is 0 Å². The molecule has 0 aliphatic heterocycles. The SMILES string of the molecule is CCC(=O)Nc1cc(CNc2c(C#N)c(C)nn2-c2cccc(Br)c2)cc(Cl)c1O. The van der Waals surface area contributed by atoms with Crippen LogP contribution >= 0.6 is 27.5 Å². The first-order valence-electron chi connectivity index (χ1n) is 9.14. The molecule has 1 heterocycles. The highest BCUT2D eigenvalue weighted by Crippen LogP contribution is 2.34. The lowest BCUT2D eigenvalue weighted by Crippen LogP contribution is -2.11. The molecule has 0 radical (unpaired) electrons. The Morgan fingerprint density at radius 3 is 2.80 bits per heavy atom. The number of rotatable bonds is 6. The van der Waals surface area contributed by atoms with Crippen LogP contribution in [0.15, 0.2) is 40.9 Å². The molecule has 7 nitrogen and oxygen atoms in total. The van der Waals surface area contributed by atoms with Crippen molar-refractivity contribution in [2.75, 3.05) is 10.6 Å². The normalized spacial score (nSPS) is 10.5. The predicted molar refractivity (Wildman–Crippen MR) is 120 cm³/mol. The summed E-state index contributed by atoms with van der Waals surface area (Å²) in [6.07, 6.45) is 0.274. The number of aromatic hydroxyl groups is 1. The van der Waals surface area contributed by atoms with Gasteiger partial charge in [-0.3, -0.25) is 4.79 Å². The van der Waals surface area contributed by atoms with Crippen LogP contribution < -0.4 is 10.6 Å². The summed E-state index contributed by atoms with van der Waals surface area (Å²) in [5.41, 5.74) is 2.77. The van der Waals surface area contributed by atoms with Crippen molar-refractivity contribution in [3.63, 3.8) is 0 Å². The largest absolute Gasteiger partial charge is 0.504 e. The van der Waals surface area contributed by atoms with Gasteiger partial charge in [0.2, 0.25) is 5.91 Å². The van der Waals surface area contributed by atoms with Crippen molar-refractivity contribution in [1.82, 2.24) is 9.78 Å². The molecule has 0 aliphatic rings. The van der Waals surface area contributed by atoms with Crippen molar-refractivity contribution >= 4 is 44.9 Å². The molecule has 1 aromatic heterocycles. The first-order valence-corrected chi connectivity index (χ1v) is 10.3. The predicted octanol–water partition coefficient (Wildman–Crippen LogP) is 5.13. The van der Waals surface area contributed by atoms with E-state index in [4.69, 9.17) is 11.6 Å². The van der Waals surface area contributed by atoms with Crippen molar-refractivity contribution in [2.24, 2.45) is 0 Å². The van der Waals surface area contributed by atoms with E-state index < -0.39 is 0 Å². The summed E-state index contributed by atoms with van der Waals surface area (Å²) in [6.45, 7) is 3.78. The molecule has 0 bridgehead atoms. The molecule has 0 unspecified atom stereocenters. The van der Waals surface area contributed by atoms with Crippen molar-refractivity contribution in [2.45, 2.75) is 26.8 Å². The number of hydrogen-bond acceptors (Lipinski definition) is 5. The Bertz CT molecular complexity index is 1150. The first-order chi connectivity index (χ1) is 14.3. The molecule has 154 valence electrons. The van der Waals surface area contributed by atoms with Crippen LogP contribution in [-0.2, 0) is 11.3 Å². The number of nitriles is 1. The van der Waals surface area contributed by atoms with Gasteiger partial charge in [-0.2, -0.15) is 10.4 Å². The molecule has 1 amide bonds. The smallest absolute Gasteiger partial charge is 0.224 e. The van der Waals surface area contributed by atoms with Crippen molar-refractivity contribution in [1.29, 1.82) is 5.26 Å². The standard InChI is InChI=1S/C21H19BrClN5O2/c1-3-19(29)26-18-8-13(7-17(23)20(18)30)11-25-21-16(10-24)12(2)27-28(21)15-6-4-5-14(22)9-15/h4-9,25,30H,3,11H2,1-2H3,(H,26,29). The third-order valence-corrected chi connectivity index (χ3v) is 5.18. The van der Waals surface area contributed by atoms with Gasteiger partial charge in [-0.15, -0.1) is 0 Å². The van der Waals surface area contributed by atoms with Gasteiger partial charge in [0.1, 0.15) is 17.5 Å². The van der Waals surface area contributed by atoms with E-state index in [2.05, 4.69) is 37.7 Å². The average Bonchev–Trinajstić information content (AvgIpc) is 3.05. The van der Waals surface area contributed by atoms with E-state index in [0.717, 1.165) is 10.2 Å². The molecule has 0 atom stereocenters. The van der Waals surface area contributed by atoms with Crippen molar-refractivity contribution in [3.8, 4) is 17.5 Å². The zero-order valence-corrected chi connectivity index (χ0v) is 18.7. The number of carbonyl (C=O) groups excluding carboxylic acids is 1. The van der Waals surface area contributed by atoms with Gasteiger partial charge in [0.15, 0.2) is 5.75 Å². The number of nitrogens with one attached hydrogen (secondary N) is 2. The van der Waals surface area contributed by atoms with Gasteiger partial charge in [-0.25, -0.2) is 4.68 Å². The minimum Gasteiger partial charge on any atom is -0.504 e. The van der Waals surface area contributed by atoms with Crippen LogP contribution in [0, 0.1) is 18.3 Å². The van der Waals surface area contributed by atoms with Crippen molar-refractivity contribution < 1.29 is 9.90 Å². The van der Waals surface area contributed by atoms with Crippen LogP contribution in [0.4, 0.5) is 11.5 Å². The molecule has 3 aromatic rings. The van der Waals surface area contributed by atoms with E-state index in [1.807, 2.05) is 24.3 Å². The molecule has 0 aliphatic carbocycles. The number of benzene rings is 2. The maximum atomic E-state index is 11.7. The fourth-order valence-electron chi connectivity index (χ4n) is 2.90. The Labute approximate surface area is 187 Å². The second kappa shape index (κ2) is 9.20. The summed E-state index contributed by atoms with van der Waals surface area (Å²) >= 11 is 9.58. The summed E-state index contributed by atoms with van der Waals surface area (Å²) in [5.74, 6) is 0.119. The second-order valence-corrected chi connectivity index (χ2v) is 7.86. The lowest BCUT2D eigenvalue weighted by molar-refractivity contribution is -0.115. The first kappa shape index (κ1) is 21.7. The van der Waals surface area contributed by atoms with Gasteiger partial charge in [0, 0.05) is 17.4 Å². The minimum atomic E-state index is -0.235. The summed E-state index contributed by atoms with van der Waals surface area (Å²) < 4.78 is 2.56. The number of anilines is 2. The van der Waals surface area contributed by atoms with Gasteiger partial charge >= 0.3 is 0 Å². The van der Waals surface area contributed by atoms with E-state index in [0.29, 0.717) is 29.2 Å². The molecule has 30 heavy (non-hydrogen) atoms. The number of phenols is 1. The Kier molecular flexibility index (Phi) is 6.65. The van der Waals surface area contributed by atoms with Crippen LogP contribution in [0.3, 0.4) is 0 Å². The molecule has 0 spiro atoms. The van der Waals surface area contributed by atoms with Gasteiger partial charge < -0.3 is 15.7 Å². The molecule has 3 rings (SSSR count). The number of carbonyl (C=O) groups is 1. The van der Waals surface area contributed by atoms with E-state index in [1.54, 1.807) is 30.7 Å². The number of hydrogen-bond donors (Lipinski definition) is 3. The molecule has 0 fully saturated rings. The Hall–Kier alpha value is -3.02. The number of amides is 1. The topological polar surface area (TPSA) is 103 Å². The maximum absolute atomic E-state index is 11.7. The van der Waals surface area contributed by atoms with E-state index in [9.17, 15) is 15.2 Å². The summed E-state index contributed by atoms with van der Waals surface area (Å²) in [5, 5.41) is 30.2. The molecule has 3 N–H and O–H groups in total. The number of aromatic nitrogens is 2. The highest BCUT2D eigenvalue weighted by Gasteiger charge is 2.17. The number of phenolic OH excluding ortho intramolecular Hbond substituents is 1. The molecular weight excluding hydrogens is 470 g/mol. The number of aryl methyl sites for hydroxylation is 1. The van der Waals surface area contributed by atoms with Gasteiger partial charge in [-0.05, 0) is 42.8 Å².